The van der Waals surface area contributed by atoms with Crippen LogP contribution in [0.4, 0.5) is 11.6 Å². The highest BCUT2D eigenvalue weighted by molar-refractivity contribution is 9.11. The van der Waals surface area contributed by atoms with Gasteiger partial charge in [0.05, 0.1) is 10.3 Å². The molecule has 0 aliphatic heterocycles. The third-order valence-corrected chi connectivity index (χ3v) is 3.72. The molecule has 2 rings (SSSR count). The second kappa shape index (κ2) is 5.80. The van der Waals surface area contributed by atoms with Gasteiger partial charge in [-0.25, -0.2) is 9.97 Å². The standard InChI is InChI=1S/C11H10BrN5S/c1-7-16-10(4-11(17-7)15-6-13)14-5-8-2-3-9(12)18-8/h2-4H,5H2,1H3,(H2,14,15,16,17). The average Bonchev–Trinajstić information content (AvgIpc) is 2.72. The molecule has 0 spiro atoms. The van der Waals surface area contributed by atoms with Crippen molar-refractivity contribution in [3.05, 3.63) is 32.7 Å². The van der Waals surface area contributed by atoms with Gasteiger partial charge in [0, 0.05) is 10.9 Å². The van der Waals surface area contributed by atoms with Crippen LogP contribution in [0, 0.1) is 18.4 Å². The highest BCUT2D eigenvalue weighted by atomic mass is 79.9. The van der Waals surface area contributed by atoms with Crippen LogP contribution in [0.2, 0.25) is 0 Å². The van der Waals surface area contributed by atoms with Crippen LogP contribution >= 0.6 is 27.3 Å². The molecule has 0 fully saturated rings. The van der Waals surface area contributed by atoms with E-state index in [0.717, 1.165) is 3.79 Å². The zero-order chi connectivity index (χ0) is 13.0. The van der Waals surface area contributed by atoms with E-state index >= 15 is 0 Å². The molecule has 7 heteroatoms. The fraction of sp³-hybridized carbons (Fsp3) is 0.182. The normalized spacial score (nSPS) is 9.83. The third kappa shape index (κ3) is 3.42. The van der Waals surface area contributed by atoms with Crippen molar-refractivity contribution in [1.29, 1.82) is 5.26 Å². The number of thiophene rings is 1. The molecule has 18 heavy (non-hydrogen) atoms. The van der Waals surface area contributed by atoms with Crippen molar-refractivity contribution < 1.29 is 0 Å². The number of hydrogen-bond donors (Lipinski definition) is 2. The van der Waals surface area contributed by atoms with Crippen molar-refractivity contribution in [2.45, 2.75) is 13.5 Å². The summed E-state index contributed by atoms with van der Waals surface area (Å²) in [6.07, 6.45) is 1.84. The Hall–Kier alpha value is -1.65. The zero-order valence-electron chi connectivity index (χ0n) is 9.57. The molecule has 92 valence electrons. The first-order chi connectivity index (χ1) is 8.67. The topological polar surface area (TPSA) is 73.6 Å². The monoisotopic (exact) mass is 323 g/mol. The van der Waals surface area contributed by atoms with E-state index in [9.17, 15) is 0 Å². The molecule has 0 radical (unpaired) electrons. The molecule has 2 aromatic heterocycles. The van der Waals surface area contributed by atoms with Crippen LogP contribution in [0.1, 0.15) is 10.7 Å². The fourth-order valence-corrected chi connectivity index (χ4v) is 2.83. The number of halogens is 1. The first-order valence-electron chi connectivity index (χ1n) is 5.16. The van der Waals surface area contributed by atoms with E-state index in [1.807, 2.05) is 18.3 Å². The summed E-state index contributed by atoms with van der Waals surface area (Å²) < 4.78 is 1.10. The lowest BCUT2D eigenvalue weighted by atomic mass is 10.4. The first kappa shape index (κ1) is 12.8. The Labute approximate surface area is 117 Å². The molecule has 0 aromatic carbocycles. The summed E-state index contributed by atoms with van der Waals surface area (Å²) in [7, 11) is 0. The minimum atomic E-state index is 0.500. The molecule has 0 aliphatic carbocycles. The van der Waals surface area contributed by atoms with Gasteiger partial charge in [0.25, 0.3) is 0 Å². The average molecular weight is 324 g/mol. The Kier molecular flexibility index (Phi) is 4.12. The molecule has 0 aliphatic rings. The lowest BCUT2D eigenvalue weighted by molar-refractivity contribution is 1.03. The van der Waals surface area contributed by atoms with E-state index in [0.29, 0.717) is 24.0 Å². The van der Waals surface area contributed by atoms with E-state index in [-0.39, 0.29) is 0 Å². The predicted octanol–water partition coefficient (Wildman–Crippen LogP) is 3.11. The number of rotatable bonds is 4. The van der Waals surface area contributed by atoms with E-state index in [1.54, 1.807) is 24.3 Å². The molecule has 2 heterocycles. The second-order valence-electron chi connectivity index (χ2n) is 3.48. The van der Waals surface area contributed by atoms with Crippen molar-refractivity contribution in [2.24, 2.45) is 0 Å². The maximum atomic E-state index is 8.57. The van der Waals surface area contributed by atoms with Gasteiger partial charge in [-0.3, -0.25) is 5.32 Å². The Morgan fingerprint density at radius 1 is 1.39 bits per heavy atom. The van der Waals surface area contributed by atoms with Crippen molar-refractivity contribution in [2.75, 3.05) is 10.6 Å². The minimum Gasteiger partial charge on any atom is -0.365 e. The Balaban J connectivity index is 2.07. The van der Waals surface area contributed by atoms with Crippen LogP contribution in [0.15, 0.2) is 22.0 Å². The largest absolute Gasteiger partial charge is 0.365 e. The Morgan fingerprint density at radius 2 is 2.17 bits per heavy atom. The molecular formula is C11H10BrN5S. The van der Waals surface area contributed by atoms with Crippen LogP contribution in [0.5, 0.6) is 0 Å². The van der Waals surface area contributed by atoms with Crippen LogP contribution in [-0.2, 0) is 6.54 Å². The molecule has 0 atom stereocenters. The van der Waals surface area contributed by atoms with Gasteiger partial charge in [-0.15, -0.1) is 11.3 Å². The number of hydrogen-bond acceptors (Lipinski definition) is 6. The second-order valence-corrected chi connectivity index (χ2v) is 6.03. The van der Waals surface area contributed by atoms with E-state index in [2.05, 4.69) is 36.5 Å². The molecule has 0 bridgehead atoms. The van der Waals surface area contributed by atoms with Gasteiger partial charge in [0.2, 0.25) is 0 Å². The van der Waals surface area contributed by atoms with Gasteiger partial charge >= 0.3 is 0 Å². The third-order valence-electron chi connectivity index (χ3n) is 2.09. The van der Waals surface area contributed by atoms with Crippen LogP contribution < -0.4 is 10.6 Å². The van der Waals surface area contributed by atoms with Crippen LogP contribution in [-0.4, -0.2) is 9.97 Å². The Bertz CT molecular complexity index is 589. The van der Waals surface area contributed by atoms with Crippen LogP contribution in [0.25, 0.3) is 0 Å². The summed E-state index contributed by atoms with van der Waals surface area (Å²) in [5.74, 6) is 1.81. The van der Waals surface area contributed by atoms with Gasteiger partial charge in [-0.1, -0.05) is 0 Å². The summed E-state index contributed by atoms with van der Waals surface area (Å²) in [5.41, 5.74) is 0. The molecule has 0 saturated heterocycles. The van der Waals surface area contributed by atoms with Crippen molar-refractivity contribution in [3.63, 3.8) is 0 Å². The van der Waals surface area contributed by atoms with Gasteiger partial charge in [-0.05, 0) is 35.0 Å². The summed E-state index contributed by atoms with van der Waals surface area (Å²) in [4.78, 5) is 9.55. The molecule has 0 unspecified atom stereocenters. The zero-order valence-corrected chi connectivity index (χ0v) is 12.0. The van der Waals surface area contributed by atoms with Crippen molar-refractivity contribution >= 4 is 38.9 Å². The van der Waals surface area contributed by atoms with Gasteiger partial charge < -0.3 is 5.32 Å². The van der Waals surface area contributed by atoms with Gasteiger partial charge in [0.15, 0.2) is 6.19 Å². The molecule has 0 amide bonds. The summed E-state index contributed by atoms with van der Waals surface area (Å²) in [6.45, 7) is 2.48. The highest BCUT2D eigenvalue weighted by Gasteiger charge is 2.02. The van der Waals surface area contributed by atoms with Crippen molar-refractivity contribution in [1.82, 2.24) is 9.97 Å². The summed E-state index contributed by atoms with van der Waals surface area (Å²) in [6, 6.07) is 5.76. The van der Waals surface area contributed by atoms with Gasteiger partial charge in [-0.2, -0.15) is 5.26 Å². The number of anilines is 2. The Morgan fingerprint density at radius 3 is 2.83 bits per heavy atom. The molecular weight excluding hydrogens is 314 g/mol. The molecule has 2 aromatic rings. The fourth-order valence-electron chi connectivity index (χ4n) is 1.40. The van der Waals surface area contributed by atoms with E-state index in [1.165, 1.54) is 4.88 Å². The quantitative estimate of drug-likeness (QED) is 0.668. The number of aromatic nitrogens is 2. The number of aryl methyl sites for hydroxylation is 1. The molecule has 2 N–H and O–H groups in total. The predicted molar refractivity (Wildman–Crippen MR) is 75.4 cm³/mol. The first-order valence-corrected chi connectivity index (χ1v) is 6.77. The lowest BCUT2D eigenvalue weighted by Crippen LogP contribution is -2.04. The van der Waals surface area contributed by atoms with E-state index < -0.39 is 0 Å². The van der Waals surface area contributed by atoms with Crippen molar-refractivity contribution in [3.8, 4) is 6.19 Å². The molecule has 0 saturated carbocycles. The van der Waals surface area contributed by atoms with Crippen LogP contribution in [0.3, 0.4) is 0 Å². The lowest BCUT2D eigenvalue weighted by Gasteiger charge is -2.06. The minimum absolute atomic E-state index is 0.500. The number of nitrogens with zero attached hydrogens (tertiary/aromatic N) is 3. The maximum absolute atomic E-state index is 8.57. The maximum Gasteiger partial charge on any atom is 0.182 e. The smallest absolute Gasteiger partial charge is 0.182 e. The van der Waals surface area contributed by atoms with Gasteiger partial charge in [0.1, 0.15) is 17.5 Å². The molecule has 5 nitrogen and oxygen atoms in total. The number of nitriles is 1. The number of nitrogens with one attached hydrogen (secondary N) is 2. The SMILES string of the molecule is Cc1nc(NC#N)cc(NCc2ccc(Br)s2)n1. The summed E-state index contributed by atoms with van der Waals surface area (Å²) in [5, 5.41) is 14.3. The highest BCUT2D eigenvalue weighted by Crippen LogP contribution is 2.22. The van der Waals surface area contributed by atoms with E-state index in [4.69, 9.17) is 5.26 Å². The summed E-state index contributed by atoms with van der Waals surface area (Å²) >= 11 is 5.09.